The first-order valence-electron chi connectivity index (χ1n) is 5.54. The van der Waals surface area contributed by atoms with E-state index in [9.17, 15) is 14.4 Å². The van der Waals surface area contributed by atoms with Crippen molar-refractivity contribution in [3.63, 3.8) is 0 Å². The van der Waals surface area contributed by atoms with Gasteiger partial charge in [-0.15, -0.1) is 0 Å². The number of hydrogen-bond donors (Lipinski definition) is 1. The van der Waals surface area contributed by atoms with Gasteiger partial charge in [-0.25, -0.2) is 0 Å². The highest BCUT2D eigenvalue weighted by Gasteiger charge is 2.30. The Kier molecular flexibility index (Phi) is 3.04. The fraction of sp³-hybridized carbons (Fsp3) is 0.308. The largest absolute Gasteiger partial charge is 0.366 e. The van der Waals surface area contributed by atoms with Gasteiger partial charge in [0.2, 0.25) is 5.91 Å². The van der Waals surface area contributed by atoms with Gasteiger partial charge in [-0.3, -0.25) is 14.4 Å². The first-order valence-corrected chi connectivity index (χ1v) is 5.54. The number of benzene rings is 1. The maximum Gasteiger partial charge on any atom is 0.249 e. The smallest absolute Gasteiger partial charge is 0.249 e. The Morgan fingerprint density at radius 1 is 1.18 bits per heavy atom. The van der Waals surface area contributed by atoms with Crippen LogP contribution in [0.2, 0.25) is 0 Å². The van der Waals surface area contributed by atoms with Crippen molar-refractivity contribution < 1.29 is 14.4 Å². The summed E-state index contributed by atoms with van der Waals surface area (Å²) in [6.07, 6.45) is 1.31. The number of ketones is 2. The second-order valence-corrected chi connectivity index (χ2v) is 4.25. The Bertz CT molecular complexity index is 493. The average Bonchev–Trinajstić information content (AvgIpc) is 2.75. The van der Waals surface area contributed by atoms with Crippen LogP contribution in [0.5, 0.6) is 0 Å². The van der Waals surface area contributed by atoms with E-state index in [1.54, 1.807) is 18.2 Å². The summed E-state index contributed by atoms with van der Waals surface area (Å²) in [6.45, 7) is 0. The van der Waals surface area contributed by atoms with Crippen LogP contribution in [0.4, 0.5) is 0 Å². The van der Waals surface area contributed by atoms with E-state index in [1.165, 1.54) is 6.07 Å². The molecule has 88 valence electrons. The number of primary amides is 1. The summed E-state index contributed by atoms with van der Waals surface area (Å²) in [5.41, 5.74) is 5.79. The number of nitrogens with two attached hydrogens (primary N) is 1. The second kappa shape index (κ2) is 4.49. The van der Waals surface area contributed by atoms with Crippen molar-refractivity contribution in [3.8, 4) is 0 Å². The molecular weight excluding hydrogens is 218 g/mol. The second-order valence-electron chi connectivity index (χ2n) is 4.25. The monoisotopic (exact) mass is 231 g/mol. The molecule has 17 heavy (non-hydrogen) atoms. The summed E-state index contributed by atoms with van der Waals surface area (Å²) in [5, 5.41) is 0. The minimum Gasteiger partial charge on any atom is -0.366 e. The van der Waals surface area contributed by atoms with Crippen LogP contribution in [-0.2, 0) is 4.79 Å². The molecule has 1 aliphatic carbocycles. The number of amides is 1. The number of hydrogen-bond acceptors (Lipinski definition) is 3. The lowest BCUT2D eigenvalue weighted by Gasteiger charge is -2.09. The molecule has 2 N–H and O–H groups in total. The summed E-state index contributed by atoms with van der Waals surface area (Å²) in [4.78, 5) is 34.5. The fourth-order valence-corrected chi connectivity index (χ4v) is 2.17. The molecule has 1 aliphatic rings. The van der Waals surface area contributed by atoms with Gasteiger partial charge in [0.05, 0.1) is 0 Å². The lowest BCUT2D eigenvalue weighted by molar-refractivity contribution is -0.117. The third kappa shape index (κ3) is 2.25. The van der Waals surface area contributed by atoms with Crippen LogP contribution < -0.4 is 5.73 Å². The van der Waals surface area contributed by atoms with E-state index >= 15 is 0 Å². The van der Waals surface area contributed by atoms with E-state index in [4.69, 9.17) is 5.73 Å². The van der Waals surface area contributed by atoms with E-state index < -0.39 is 5.91 Å². The van der Waals surface area contributed by atoms with Crippen molar-refractivity contribution in [1.29, 1.82) is 0 Å². The Hall–Kier alpha value is -1.97. The Labute approximate surface area is 98.8 Å². The summed E-state index contributed by atoms with van der Waals surface area (Å²) < 4.78 is 0. The molecule has 0 heterocycles. The van der Waals surface area contributed by atoms with Gasteiger partial charge in [0.15, 0.2) is 5.78 Å². The van der Waals surface area contributed by atoms with E-state index in [2.05, 4.69) is 0 Å². The zero-order chi connectivity index (χ0) is 12.4. The normalized spacial score (nSPS) is 19.3. The maximum absolute atomic E-state index is 12.2. The topological polar surface area (TPSA) is 77.2 Å². The molecule has 0 bridgehead atoms. The molecular formula is C13H13NO3. The molecule has 0 spiro atoms. The number of carbonyl (C=O) groups excluding carboxylic acids is 3. The molecule has 4 nitrogen and oxygen atoms in total. The summed E-state index contributed by atoms with van der Waals surface area (Å²) in [6, 6.07) is 6.48. The summed E-state index contributed by atoms with van der Waals surface area (Å²) in [5.74, 6) is -0.938. The lowest BCUT2D eigenvalue weighted by Crippen LogP contribution is -2.19. The van der Waals surface area contributed by atoms with Crippen LogP contribution in [-0.4, -0.2) is 17.5 Å². The van der Waals surface area contributed by atoms with Gasteiger partial charge in [0.1, 0.15) is 5.78 Å². The van der Waals surface area contributed by atoms with Crippen molar-refractivity contribution >= 4 is 17.5 Å². The fourth-order valence-electron chi connectivity index (χ4n) is 2.17. The van der Waals surface area contributed by atoms with Crippen LogP contribution in [0.15, 0.2) is 24.3 Å². The Morgan fingerprint density at radius 2 is 1.82 bits per heavy atom. The Morgan fingerprint density at radius 3 is 2.35 bits per heavy atom. The molecule has 1 amide bonds. The minimum absolute atomic E-state index is 0.111. The van der Waals surface area contributed by atoms with Gasteiger partial charge >= 0.3 is 0 Å². The molecule has 1 aromatic carbocycles. The SMILES string of the molecule is NC(=O)c1ccccc1C(=O)C1CCC(=O)C1. The molecule has 0 aromatic heterocycles. The molecule has 1 unspecified atom stereocenters. The van der Waals surface area contributed by atoms with Crippen LogP contribution in [0.25, 0.3) is 0 Å². The van der Waals surface area contributed by atoms with E-state index in [0.29, 0.717) is 18.4 Å². The first-order chi connectivity index (χ1) is 8.09. The quantitative estimate of drug-likeness (QED) is 0.797. The zero-order valence-electron chi connectivity index (χ0n) is 9.31. The number of Topliss-reactive ketones (excluding diaryl/α,β-unsaturated/α-hetero) is 2. The molecule has 0 saturated heterocycles. The van der Waals surface area contributed by atoms with E-state index in [-0.39, 0.29) is 29.5 Å². The average molecular weight is 231 g/mol. The highest BCUT2D eigenvalue weighted by atomic mass is 16.1. The van der Waals surface area contributed by atoms with Gasteiger partial charge < -0.3 is 5.73 Å². The maximum atomic E-state index is 12.2. The van der Waals surface area contributed by atoms with Crippen LogP contribution in [0.3, 0.4) is 0 Å². The van der Waals surface area contributed by atoms with Crippen molar-refractivity contribution in [2.24, 2.45) is 11.7 Å². The summed E-state index contributed by atoms with van der Waals surface area (Å²) in [7, 11) is 0. The first kappa shape index (κ1) is 11.5. The Balaban J connectivity index is 2.31. The number of carbonyl (C=O) groups is 3. The molecule has 1 atom stereocenters. The molecule has 1 saturated carbocycles. The lowest BCUT2D eigenvalue weighted by atomic mass is 9.93. The summed E-state index contributed by atoms with van der Waals surface area (Å²) >= 11 is 0. The van der Waals surface area contributed by atoms with Crippen molar-refractivity contribution in [3.05, 3.63) is 35.4 Å². The van der Waals surface area contributed by atoms with Gasteiger partial charge in [-0.05, 0) is 12.5 Å². The molecule has 2 rings (SSSR count). The van der Waals surface area contributed by atoms with Gasteiger partial charge in [0, 0.05) is 29.9 Å². The third-order valence-electron chi connectivity index (χ3n) is 3.07. The van der Waals surface area contributed by atoms with Crippen LogP contribution in [0.1, 0.15) is 40.0 Å². The molecule has 0 radical (unpaired) electrons. The molecule has 0 aliphatic heterocycles. The van der Waals surface area contributed by atoms with Crippen LogP contribution >= 0.6 is 0 Å². The molecule has 1 fully saturated rings. The van der Waals surface area contributed by atoms with E-state index in [1.807, 2.05) is 0 Å². The number of rotatable bonds is 3. The highest BCUT2D eigenvalue weighted by molar-refractivity contribution is 6.09. The van der Waals surface area contributed by atoms with Crippen molar-refractivity contribution in [1.82, 2.24) is 0 Å². The molecule has 1 aromatic rings. The van der Waals surface area contributed by atoms with Gasteiger partial charge in [0.25, 0.3) is 0 Å². The van der Waals surface area contributed by atoms with Crippen molar-refractivity contribution in [2.75, 3.05) is 0 Å². The van der Waals surface area contributed by atoms with Gasteiger partial charge in [-0.2, -0.15) is 0 Å². The van der Waals surface area contributed by atoms with E-state index in [0.717, 1.165) is 0 Å². The molecule has 4 heteroatoms. The van der Waals surface area contributed by atoms with Crippen molar-refractivity contribution in [2.45, 2.75) is 19.3 Å². The highest BCUT2D eigenvalue weighted by Crippen LogP contribution is 2.26. The minimum atomic E-state index is -0.613. The predicted octanol–water partition coefficient (Wildman–Crippen LogP) is 1.34. The van der Waals surface area contributed by atoms with Gasteiger partial charge in [-0.1, -0.05) is 18.2 Å². The zero-order valence-corrected chi connectivity index (χ0v) is 9.31. The van der Waals surface area contributed by atoms with Crippen LogP contribution in [0, 0.1) is 5.92 Å². The third-order valence-corrected chi connectivity index (χ3v) is 3.07. The standard InChI is InChI=1S/C13H13NO3/c14-13(17)11-4-2-1-3-10(11)12(16)8-5-6-9(15)7-8/h1-4,8H,5-7H2,(H2,14,17). The predicted molar refractivity (Wildman–Crippen MR) is 61.6 cm³/mol.